The van der Waals surface area contributed by atoms with Crippen LogP contribution in [0.25, 0.3) is 10.8 Å². The average molecular weight is 260 g/mol. The van der Waals surface area contributed by atoms with Gasteiger partial charge in [-0.25, -0.2) is 0 Å². The average Bonchev–Trinajstić information content (AvgIpc) is 2.36. The molecule has 0 saturated heterocycles. The Balaban J connectivity index is 2.05. The standard InChI is InChI=1S/C15H16O2S/c1-11(6-9-15(16)17)18-14-8-7-12-4-2-3-5-13(12)10-14/h2-5,7-8,10-11H,6,9H2,1H3,(H,16,17). The lowest BCUT2D eigenvalue weighted by Gasteiger charge is -2.10. The number of fused-ring (bicyclic) bond motifs is 1. The normalized spacial score (nSPS) is 12.5. The van der Waals surface area contributed by atoms with Crippen LogP contribution in [0.3, 0.4) is 0 Å². The van der Waals surface area contributed by atoms with Crippen LogP contribution in [0.5, 0.6) is 0 Å². The third-order valence-electron chi connectivity index (χ3n) is 2.82. The second kappa shape index (κ2) is 5.91. The summed E-state index contributed by atoms with van der Waals surface area (Å²) in [4.78, 5) is 11.7. The molecule has 2 aromatic carbocycles. The Morgan fingerprint density at radius 3 is 2.67 bits per heavy atom. The fourth-order valence-corrected chi connectivity index (χ4v) is 2.90. The van der Waals surface area contributed by atoms with E-state index in [1.807, 2.05) is 12.1 Å². The second-order valence-corrected chi connectivity index (χ2v) is 5.88. The monoisotopic (exact) mass is 260 g/mol. The van der Waals surface area contributed by atoms with E-state index >= 15 is 0 Å². The Hall–Kier alpha value is -1.48. The molecule has 1 unspecified atom stereocenters. The van der Waals surface area contributed by atoms with E-state index in [0.717, 1.165) is 0 Å². The molecule has 18 heavy (non-hydrogen) atoms. The van der Waals surface area contributed by atoms with Crippen LogP contribution >= 0.6 is 11.8 Å². The summed E-state index contributed by atoms with van der Waals surface area (Å²) < 4.78 is 0. The smallest absolute Gasteiger partial charge is 0.303 e. The molecule has 0 radical (unpaired) electrons. The van der Waals surface area contributed by atoms with E-state index in [1.165, 1.54) is 15.7 Å². The lowest BCUT2D eigenvalue weighted by atomic mass is 10.1. The van der Waals surface area contributed by atoms with E-state index in [2.05, 4.69) is 37.3 Å². The first-order valence-electron chi connectivity index (χ1n) is 6.02. The molecule has 2 rings (SSSR count). The van der Waals surface area contributed by atoms with Gasteiger partial charge >= 0.3 is 5.97 Å². The van der Waals surface area contributed by atoms with Crippen molar-refractivity contribution in [2.45, 2.75) is 29.9 Å². The van der Waals surface area contributed by atoms with Gasteiger partial charge in [0.15, 0.2) is 0 Å². The number of rotatable bonds is 5. The van der Waals surface area contributed by atoms with Crippen molar-refractivity contribution in [2.75, 3.05) is 0 Å². The third-order valence-corrected chi connectivity index (χ3v) is 3.99. The van der Waals surface area contributed by atoms with Crippen molar-refractivity contribution >= 4 is 28.5 Å². The molecule has 2 nitrogen and oxygen atoms in total. The number of hydrogen-bond donors (Lipinski definition) is 1. The second-order valence-electron chi connectivity index (χ2n) is 4.37. The van der Waals surface area contributed by atoms with Crippen LogP contribution in [0.15, 0.2) is 47.4 Å². The van der Waals surface area contributed by atoms with Crippen LogP contribution in [0.1, 0.15) is 19.8 Å². The van der Waals surface area contributed by atoms with Gasteiger partial charge in [-0.05, 0) is 29.3 Å². The molecule has 1 N–H and O–H groups in total. The van der Waals surface area contributed by atoms with Crippen molar-refractivity contribution in [3.63, 3.8) is 0 Å². The molecule has 0 saturated carbocycles. The summed E-state index contributed by atoms with van der Waals surface area (Å²) >= 11 is 1.74. The highest BCUT2D eigenvalue weighted by molar-refractivity contribution is 8.00. The maximum absolute atomic E-state index is 10.5. The Labute approximate surface area is 111 Å². The van der Waals surface area contributed by atoms with Crippen LogP contribution in [0.2, 0.25) is 0 Å². The van der Waals surface area contributed by atoms with Gasteiger partial charge in [-0.15, -0.1) is 11.8 Å². The Morgan fingerprint density at radius 2 is 1.94 bits per heavy atom. The molecule has 0 aliphatic carbocycles. The molecule has 2 aromatic rings. The van der Waals surface area contributed by atoms with Gasteiger partial charge in [0.1, 0.15) is 0 Å². The van der Waals surface area contributed by atoms with Gasteiger partial charge in [-0.3, -0.25) is 4.79 Å². The zero-order valence-corrected chi connectivity index (χ0v) is 11.1. The van der Waals surface area contributed by atoms with E-state index in [4.69, 9.17) is 5.11 Å². The minimum atomic E-state index is -0.721. The summed E-state index contributed by atoms with van der Waals surface area (Å²) in [6, 6.07) is 14.6. The quantitative estimate of drug-likeness (QED) is 0.819. The van der Waals surface area contributed by atoms with Crippen molar-refractivity contribution < 1.29 is 9.90 Å². The van der Waals surface area contributed by atoms with Crippen LogP contribution in [-0.4, -0.2) is 16.3 Å². The number of thioether (sulfide) groups is 1. The molecule has 0 amide bonds. The minimum Gasteiger partial charge on any atom is -0.481 e. The van der Waals surface area contributed by atoms with Gasteiger partial charge in [-0.1, -0.05) is 37.3 Å². The summed E-state index contributed by atoms with van der Waals surface area (Å²) in [6.07, 6.45) is 0.939. The molecular formula is C15H16O2S. The maximum atomic E-state index is 10.5. The summed E-state index contributed by atoms with van der Waals surface area (Å²) in [6.45, 7) is 2.07. The molecule has 0 bridgehead atoms. The molecule has 0 fully saturated rings. The largest absolute Gasteiger partial charge is 0.481 e. The number of hydrogen-bond acceptors (Lipinski definition) is 2. The molecule has 94 valence electrons. The predicted octanol–water partition coefficient (Wildman–Crippen LogP) is 4.19. The molecular weight excluding hydrogens is 244 g/mol. The Bertz CT molecular complexity index is 551. The van der Waals surface area contributed by atoms with Gasteiger partial charge in [0.25, 0.3) is 0 Å². The number of carboxylic acid groups (broad SMARTS) is 1. The van der Waals surface area contributed by atoms with Gasteiger partial charge in [0, 0.05) is 16.6 Å². The molecule has 0 aliphatic rings. The van der Waals surface area contributed by atoms with E-state index < -0.39 is 5.97 Å². The minimum absolute atomic E-state index is 0.238. The number of carboxylic acids is 1. The molecule has 0 spiro atoms. The van der Waals surface area contributed by atoms with Crippen molar-refractivity contribution in [1.29, 1.82) is 0 Å². The van der Waals surface area contributed by atoms with Gasteiger partial charge in [0.2, 0.25) is 0 Å². The van der Waals surface area contributed by atoms with Crippen LogP contribution in [-0.2, 0) is 4.79 Å². The van der Waals surface area contributed by atoms with Crippen LogP contribution < -0.4 is 0 Å². The lowest BCUT2D eigenvalue weighted by molar-refractivity contribution is -0.137. The SMILES string of the molecule is CC(CCC(=O)O)Sc1ccc2ccccc2c1. The summed E-state index contributed by atoms with van der Waals surface area (Å²) in [5, 5.41) is 11.4. The van der Waals surface area contributed by atoms with Gasteiger partial charge in [0.05, 0.1) is 0 Å². The number of benzene rings is 2. The molecule has 0 aliphatic heterocycles. The fourth-order valence-electron chi connectivity index (χ4n) is 1.86. The Morgan fingerprint density at radius 1 is 1.22 bits per heavy atom. The first kappa shape index (κ1) is 13.0. The highest BCUT2D eigenvalue weighted by Crippen LogP contribution is 2.28. The highest BCUT2D eigenvalue weighted by atomic mass is 32.2. The fraction of sp³-hybridized carbons (Fsp3) is 0.267. The Kier molecular flexibility index (Phi) is 4.26. The zero-order valence-electron chi connectivity index (χ0n) is 10.3. The first-order valence-corrected chi connectivity index (χ1v) is 6.90. The van der Waals surface area contributed by atoms with Crippen LogP contribution in [0.4, 0.5) is 0 Å². The van der Waals surface area contributed by atoms with E-state index in [0.29, 0.717) is 11.7 Å². The summed E-state index contributed by atoms with van der Waals surface area (Å²) in [5.74, 6) is -0.721. The number of carbonyl (C=O) groups is 1. The maximum Gasteiger partial charge on any atom is 0.303 e. The summed E-state index contributed by atoms with van der Waals surface area (Å²) in [7, 11) is 0. The molecule has 0 aromatic heterocycles. The summed E-state index contributed by atoms with van der Waals surface area (Å²) in [5.41, 5.74) is 0. The van der Waals surface area contributed by atoms with Crippen molar-refractivity contribution in [2.24, 2.45) is 0 Å². The van der Waals surface area contributed by atoms with Crippen molar-refractivity contribution in [3.05, 3.63) is 42.5 Å². The molecule has 1 atom stereocenters. The van der Waals surface area contributed by atoms with Crippen LogP contribution in [0, 0.1) is 0 Å². The topological polar surface area (TPSA) is 37.3 Å². The third kappa shape index (κ3) is 3.50. The molecule has 3 heteroatoms. The van der Waals surface area contributed by atoms with Crippen molar-refractivity contribution in [3.8, 4) is 0 Å². The highest BCUT2D eigenvalue weighted by Gasteiger charge is 2.07. The predicted molar refractivity (Wildman–Crippen MR) is 76.1 cm³/mol. The van der Waals surface area contributed by atoms with E-state index in [-0.39, 0.29) is 6.42 Å². The first-order chi connectivity index (χ1) is 8.65. The van der Waals surface area contributed by atoms with Gasteiger partial charge in [-0.2, -0.15) is 0 Å². The zero-order chi connectivity index (χ0) is 13.0. The number of aliphatic carboxylic acids is 1. The van der Waals surface area contributed by atoms with Gasteiger partial charge < -0.3 is 5.11 Å². The molecule has 0 heterocycles. The van der Waals surface area contributed by atoms with Crippen molar-refractivity contribution in [1.82, 2.24) is 0 Å². The van der Waals surface area contributed by atoms with E-state index in [1.54, 1.807) is 11.8 Å². The van der Waals surface area contributed by atoms with E-state index in [9.17, 15) is 4.79 Å². The lowest BCUT2D eigenvalue weighted by Crippen LogP contribution is -2.01.